The van der Waals surface area contributed by atoms with Gasteiger partial charge in [0.05, 0.1) is 29.7 Å². The maximum Gasteiger partial charge on any atom is 0.241 e. The predicted molar refractivity (Wildman–Crippen MR) is 109 cm³/mol. The summed E-state index contributed by atoms with van der Waals surface area (Å²) < 4.78 is 1.79. The molecule has 0 saturated carbocycles. The van der Waals surface area contributed by atoms with Crippen LogP contribution in [0.2, 0.25) is 0 Å². The van der Waals surface area contributed by atoms with Gasteiger partial charge in [0.15, 0.2) is 0 Å². The van der Waals surface area contributed by atoms with Gasteiger partial charge in [0.25, 0.3) is 0 Å². The van der Waals surface area contributed by atoms with Gasteiger partial charge in [0.2, 0.25) is 11.8 Å². The fraction of sp³-hybridized carbons (Fsp3) is 0.750. The number of carbonyl (C=O) groups is 2. The second-order valence-electron chi connectivity index (χ2n) is 8.09. The number of likely N-dealkylation sites (tertiary alicyclic amines) is 1. The van der Waals surface area contributed by atoms with Crippen LogP contribution >= 0.6 is 0 Å². The highest BCUT2D eigenvalue weighted by molar-refractivity contribution is 5.95. The van der Waals surface area contributed by atoms with Crippen molar-refractivity contribution in [1.82, 2.24) is 24.5 Å². The van der Waals surface area contributed by atoms with Crippen LogP contribution < -0.4 is 5.32 Å². The Bertz CT molecular complexity index is 702. The van der Waals surface area contributed by atoms with Gasteiger partial charge >= 0.3 is 0 Å². The van der Waals surface area contributed by atoms with Crippen molar-refractivity contribution in [2.75, 3.05) is 51.1 Å². The first-order valence-corrected chi connectivity index (χ1v) is 10.4. The van der Waals surface area contributed by atoms with Crippen LogP contribution in [0.4, 0.5) is 5.69 Å². The van der Waals surface area contributed by atoms with Crippen molar-refractivity contribution >= 4 is 17.5 Å². The van der Waals surface area contributed by atoms with Crippen LogP contribution in [0.15, 0.2) is 0 Å². The molecule has 1 N–H and O–H groups in total. The molecule has 3 heterocycles. The van der Waals surface area contributed by atoms with Crippen LogP contribution in [0.25, 0.3) is 0 Å². The number of nitrogens with zero attached hydrogens (tertiary/aromatic N) is 5. The van der Waals surface area contributed by atoms with E-state index in [0.29, 0.717) is 6.54 Å². The van der Waals surface area contributed by atoms with E-state index in [1.54, 1.807) is 4.68 Å². The van der Waals surface area contributed by atoms with Crippen molar-refractivity contribution in [3.63, 3.8) is 0 Å². The van der Waals surface area contributed by atoms with Crippen molar-refractivity contribution in [3.8, 4) is 0 Å². The molecule has 0 radical (unpaired) electrons. The Balaban J connectivity index is 1.47. The van der Waals surface area contributed by atoms with Crippen LogP contribution in [0.1, 0.15) is 37.6 Å². The summed E-state index contributed by atoms with van der Waals surface area (Å²) in [6, 6.07) is -0.209. The van der Waals surface area contributed by atoms with Crippen molar-refractivity contribution in [1.29, 1.82) is 0 Å². The number of piperazine rings is 1. The first-order valence-electron chi connectivity index (χ1n) is 10.4. The predicted octanol–water partition coefficient (Wildman–Crippen LogP) is 0.994. The lowest BCUT2D eigenvalue weighted by Gasteiger charge is -2.38. The van der Waals surface area contributed by atoms with Crippen LogP contribution in [0.5, 0.6) is 0 Å². The zero-order chi connectivity index (χ0) is 20.3. The van der Waals surface area contributed by atoms with Crippen molar-refractivity contribution in [3.05, 3.63) is 11.4 Å². The molecule has 0 bridgehead atoms. The zero-order valence-corrected chi connectivity index (χ0v) is 17.7. The monoisotopic (exact) mass is 390 g/mol. The fourth-order valence-electron chi connectivity index (χ4n) is 4.09. The van der Waals surface area contributed by atoms with E-state index < -0.39 is 0 Å². The number of hydrogen-bond donors (Lipinski definition) is 1. The lowest BCUT2D eigenvalue weighted by Crippen LogP contribution is -2.54. The summed E-state index contributed by atoms with van der Waals surface area (Å²) in [6.07, 6.45) is 3.49. The van der Waals surface area contributed by atoms with Gasteiger partial charge in [-0.05, 0) is 40.0 Å². The Hall–Kier alpha value is -1.93. The number of anilines is 1. The summed E-state index contributed by atoms with van der Waals surface area (Å²) in [5.41, 5.74) is 2.60. The normalized spacial score (nSPS) is 20.2. The molecule has 0 spiro atoms. The van der Waals surface area contributed by atoms with E-state index in [1.807, 2.05) is 32.7 Å². The molecule has 8 nitrogen and oxygen atoms in total. The van der Waals surface area contributed by atoms with Gasteiger partial charge in [0, 0.05) is 46.3 Å². The van der Waals surface area contributed by atoms with E-state index in [2.05, 4.69) is 20.2 Å². The Morgan fingerprint density at radius 2 is 1.68 bits per heavy atom. The van der Waals surface area contributed by atoms with Gasteiger partial charge in [-0.2, -0.15) is 5.10 Å². The molecule has 1 atom stereocenters. The number of piperidine rings is 1. The lowest BCUT2D eigenvalue weighted by molar-refractivity contribution is -0.134. The summed E-state index contributed by atoms with van der Waals surface area (Å²) in [6.45, 7) is 11.4. The minimum atomic E-state index is -0.209. The van der Waals surface area contributed by atoms with E-state index in [0.717, 1.165) is 69.2 Å². The average Bonchev–Trinajstić information content (AvgIpc) is 2.94. The van der Waals surface area contributed by atoms with Gasteiger partial charge < -0.3 is 10.2 Å². The minimum Gasteiger partial charge on any atom is -0.342 e. The van der Waals surface area contributed by atoms with E-state index in [4.69, 9.17) is 0 Å². The third-order valence-electron chi connectivity index (χ3n) is 6.16. The molecule has 2 fully saturated rings. The molecule has 2 aliphatic heterocycles. The summed E-state index contributed by atoms with van der Waals surface area (Å²) in [5, 5.41) is 7.40. The summed E-state index contributed by atoms with van der Waals surface area (Å²) >= 11 is 0. The Kier molecular flexibility index (Phi) is 6.72. The maximum absolute atomic E-state index is 12.7. The van der Waals surface area contributed by atoms with E-state index in [1.165, 1.54) is 6.42 Å². The first-order chi connectivity index (χ1) is 13.4. The van der Waals surface area contributed by atoms with Crippen molar-refractivity contribution in [2.45, 2.75) is 46.1 Å². The first kappa shape index (κ1) is 20.8. The average molecular weight is 391 g/mol. The standard InChI is InChI=1S/C20H34N6O2/c1-15-19(16(2)23(4)22-15)21-20(28)17(3)25-12-10-24(11-13-25)14-18(27)26-8-6-5-7-9-26/h17H,5-14H2,1-4H3,(H,21,28). The van der Waals surface area contributed by atoms with Gasteiger partial charge in [-0.15, -0.1) is 0 Å². The highest BCUT2D eigenvalue weighted by atomic mass is 16.2. The molecular formula is C20H34N6O2. The van der Waals surface area contributed by atoms with Crippen molar-refractivity contribution in [2.24, 2.45) is 7.05 Å². The van der Waals surface area contributed by atoms with Crippen LogP contribution in [0, 0.1) is 13.8 Å². The number of aromatic nitrogens is 2. The maximum atomic E-state index is 12.7. The number of amides is 2. The lowest BCUT2D eigenvalue weighted by atomic mass is 10.1. The molecule has 1 aromatic rings. The second-order valence-corrected chi connectivity index (χ2v) is 8.09. The van der Waals surface area contributed by atoms with Gasteiger partial charge in [-0.25, -0.2) is 0 Å². The summed E-state index contributed by atoms with van der Waals surface area (Å²) in [4.78, 5) is 31.6. The molecule has 1 unspecified atom stereocenters. The summed E-state index contributed by atoms with van der Waals surface area (Å²) in [7, 11) is 1.88. The van der Waals surface area contributed by atoms with E-state index in [9.17, 15) is 9.59 Å². The number of nitrogens with one attached hydrogen (secondary N) is 1. The molecule has 0 aliphatic carbocycles. The third kappa shape index (κ3) is 4.72. The Labute approximate surface area is 167 Å². The molecule has 2 saturated heterocycles. The van der Waals surface area contributed by atoms with Gasteiger partial charge in [0.1, 0.15) is 0 Å². The SMILES string of the molecule is Cc1nn(C)c(C)c1NC(=O)C(C)N1CCN(CC(=O)N2CCCCC2)CC1. The molecule has 3 rings (SSSR count). The van der Waals surface area contributed by atoms with E-state index >= 15 is 0 Å². The van der Waals surface area contributed by atoms with Crippen LogP contribution in [-0.2, 0) is 16.6 Å². The Morgan fingerprint density at radius 1 is 1.04 bits per heavy atom. The number of hydrogen-bond acceptors (Lipinski definition) is 5. The third-order valence-corrected chi connectivity index (χ3v) is 6.16. The zero-order valence-electron chi connectivity index (χ0n) is 17.7. The molecule has 8 heteroatoms. The molecule has 28 heavy (non-hydrogen) atoms. The molecule has 156 valence electrons. The second kappa shape index (κ2) is 9.05. The topological polar surface area (TPSA) is 73.7 Å². The number of carbonyl (C=O) groups excluding carboxylic acids is 2. The van der Waals surface area contributed by atoms with Gasteiger partial charge in [-0.1, -0.05) is 0 Å². The van der Waals surface area contributed by atoms with Crippen molar-refractivity contribution < 1.29 is 9.59 Å². The van der Waals surface area contributed by atoms with Gasteiger partial charge in [-0.3, -0.25) is 24.1 Å². The quantitative estimate of drug-likeness (QED) is 0.812. The Morgan fingerprint density at radius 3 is 2.25 bits per heavy atom. The fourth-order valence-corrected chi connectivity index (χ4v) is 4.09. The smallest absolute Gasteiger partial charge is 0.241 e. The molecule has 1 aromatic heterocycles. The van der Waals surface area contributed by atoms with E-state index in [-0.39, 0.29) is 17.9 Å². The highest BCUT2D eigenvalue weighted by Gasteiger charge is 2.28. The number of aryl methyl sites for hydroxylation is 2. The number of rotatable bonds is 5. The van der Waals surface area contributed by atoms with Crippen LogP contribution in [-0.4, -0.2) is 88.1 Å². The molecular weight excluding hydrogens is 356 g/mol. The highest BCUT2D eigenvalue weighted by Crippen LogP contribution is 2.19. The largest absolute Gasteiger partial charge is 0.342 e. The van der Waals surface area contributed by atoms with Crippen LogP contribution in [0.3, 0.4) is 0 Å². The molecule has 0 aromatic carbocycles. The molecule has 2 amide bonds. The summed E-state index contributed by atoms with van der Waals surface area (Å²) in [5.74, 6) is 0.249. The molecule has 2 aliphatic rings. The minimum absolute atomic E-state index is 0.00274.